The first-order chi connectivity index (χ1) is 3.80. The second-order valence-electron chi connectivity index (χ2n) is 1.18. The van der Waals surface area contributed by atoms with Crippen molar-refractivity contribution in [1.82, 2.24) is 0 Å². The van der Waals surface area contributed by atoms with Crippen LogP contribution >= 0.6 is 29.1 Å². The standard InChI is InChI=1S/C4H3Cl2OP/c5-8(6)4-2-1-3-7-4/h1-3H. The van der Waals surface area contributed by atoms with E-state index in [1.54, 1.807) is 18.4 Å². The summed E-state index contributed by atoms with van der Waals surface area (Å²) < 4.78 is 4.86. The number of hydrogen-bond acceptors (Lipinski definition) is 1. The molecule has 0 aliphatic carbocycles. The summed E-state index contributed by atoms with van der Waals surface area (Å²) >= 11 is 11.0. The van der Waals surface area contributed by atoms with Gasteiger partial charge in [-0.05, 0) is 12.1 Å². The minimum absolute atomic E-state index is 0.656. The summed E-state index contributed by atoms with van der Waals surface area (Å²) in [4.78, 5) is 0. The molecule has 1 heterocycles. The minimum atomic E-state index is -1.08. The van der Waals surface area contributed by atoms with Crippen LogP contribution in [0.1, 0.15) is 0 Å². The highest BCUT2D eigenvalue weighted by Gasteiger charge is 2.03. The molecule has 0 aliphatic rings. The minimum Gasteiger partial charge on any atom is -0.462 e. The lowest BCUT2D eigenvalue weighted by Crippen LogP contribution is -1.83. The molecule has 0 aromatic carbocycles. The van der Waals surface area contributed by atoms with Crippen molar-refractivity contribution in [2.45, 2.75) is 0 Å². The Hall–Kier alpha value is 0.290. The van der Waals surface area contributed by atoms with Gasteiger partial charge in [0.25, 0.3) is 0 Å². The molecule has 4 heteroatoms. The first-order valence-electron chi connectivity index (χ1n) is 1.96. The van der Waals surface area contributed by atoms with Gasteiger partial charge < -0.3 is 4.42 Å². The lowest BCUT2D eigenvalue weighted by Gasteiger charge is -1.89. The molecule has 0 radical (unpaired) electrons. The fourth-order valence-corrected chi connectivity index (χ4v) is 1.28. The van der Waals surface area contributed by atoms with E-state index in [9.17, 15) is 0 Å². The van der Waals surface area contributed by atoms with Crippen LogP contribution in [0, 0.1) is 0 Å². The summed E-state index contributed by atoms with van der Waals surface area (Å²) in [5, 5.41) is 0. The average Bonchev–Trinajstić information content (AvgIpc) is 2.12. The molecule has 0 atom stereocenters. The molecule has 0 saturated carbocycles. The monoisotopic (exact) mass is 168 g/mol. The predicted molar refractivity (Wildman–Crippen MR) is 37.0 cm³/mol. The third kappa shape index (κ3) is 1.38. The Kier molecular flexibility index (Phi) is 2.18. The summed E-state index contributed by atoms with van der Waals surface area (Å²) in [6.07, 6.45) is 1.55. The maximum Gasteiger partial charge on any atom is 0.156 e. The second kappa shape index (κ2) is 2.72. The van der Waals surface area contributed by atoms with Crippen LogP contribution in [0.5, 0.6) is 0 Å². The van der Waals surface area contributed by atoms with E-state index >= 15 is 0 Å². The highest BCUT2D eigenvalue weighted by Crippen LogP contribution is 2.45. The molecule has 0 unspecified atom stereocenters. The molecular formula is C4H3Cl2OP. The Morgan fingerprint density at radius 1 is 1.50 bits per heavy atom. The van der Waals surface area contributed by atoms with Crippen molar-refractivity contribution < 1.29 is 4.42 Å². The van der Waals surface area contributed by atoms with Gasteiger partial charge in [0.05, 0.1) is 6.26 Å². The van der Waals surface area contributed by atoms with Gasteiger partial charge >= 0.3 is 0 Å². The van der Waals surface area contributed by atoms with E-state index in [2.05, 4.69) is 0 Å². The first kappa shape index (κ1) is 6.41. The zero-order valence-electron chi connectivity index (χ0n) is 3.84. The molecule has 0 amide bonds. The maximum absolute atomic E-state index is 5.48. The van der Waals surface area contributed by atoms with Crippen LogP contribution in [0.25, 0.3) is 0 Å². The van der Waals surface area contributed by atoms with E-state index in [1.165, 1.54) is 0 Å². The van der Waals surface area contributed by atoms with E-state index in [-0.39, 0.29) is 0 Å². The quantitative estimate of drug-likeness (QED) is 0.589. The second-order valence-corrected chi connectivity index (χ2v) is 4.64. The van der Waals surface area contributed by atoms with Crippen molar-refractivity contribution in [2.24, 2.45) is 0 Å². The van der Waals surface area contributed by atoms with Crippen molar-refractivity contribution in [3.63, 3.8) is 0 Å². The number of hydrogen-bond donors (Lipinski definition) is 0. The van der Waals surface area contributed by atoms with Gasteiger partial charge in [0.2, 0.25) is 0 Å². The first-order valence-corrected chi connectivity index (χ1v) is 5.11. The Balaban J connectivity index is 2.77. The fourth-order valence-electron chi connectivity index (χ4n) is 0.366. The molecule has 0 N–H and O–H groups in total. The van der Waals surface area contributed by atoms with E-state index < -0.39 is 6.63 Å². The zero-order chi connectivity index (χ0) is 5.98. The van der Waals surface area contributed by atoms with Gasteiger partial charge in [-0.15, -0.1) is 0 Å². The molecule has 1 nitrogen and oxygen atoms in total. The van der Waals surface area contributed by atoms with Crippen LogP contribution in [-0.4, -0.2) is 0 Å². The summed E-state index contributed by atoms with van der Waals surface area (Å²) in [5.74, 6) is 0. The van der Waals surface area contributed by atoms with Crippen molar-refractivity contribution in [2.75, 3.05) is 0 Å². The van der Waals surface area contributed by atoms with E-state index in [4.69, 9.17) is 26.9 Å². The summed E-state index contributed by atoms with van der Waals surface area (Å²) in [6, 6.07) is 3.52. The molecule has 0 aliphatic heterocycles. The lowest BCUT2D eigenvalue weighted by molar-refractivity contribution is 0.603. The molecule has 0 saturated heterocycles. The van der Waals surface area contributed by atoms with E-state index in [0.717, 1.165) is 0 Å². The average molecular weight is 169 g/mol. The number of furan rings is 1. The normalized spacial score (nSPS) is 10.4. The highest BCUT2D eigenvalue weighted by molar-refractivity contribution is 8.08. The van der Waals surface area contributed by atoms with Crippen molar-refractivity contribution in [1.29, 1.82) is 0 Å². The Morgan fingerprint density at radius 2 is 2.25 bits per heavy atom. The van der Waals surface area contributed by atoms with Gasteiger partial charge in [-0.2, -0.15) is 0 Å². The van der Waals surface area contributed by atoms with Gasteiger partial charge in [-0.25, -0.2) is 0 Å². The molecule has 0 spiro atoms. The van der Waals surface area contributed by atoms with Crippen molar-refractivity contribution in [3.05, 3.63) is 18.4 Å². The van der Waals surface area contributed by atoms with Gasteiger partial charge in [0, 0.05) is 0 Å². The predicted octanol–water partition coefficient (Wildman–Crippen LogP) is 2.69. The van der Waals surface area contributed by atoms with Crippen LogP contribution < -0.4 is 5.50 Å². The molecule has 44 valence electrons. The zero-order valence-corrected chi connectivity index (χ0v) is 6.25. The van der Waals surface area contributed by atoms with Gasteiger partial charge in [0.15, 0.2) is 12.1 Å². The number of halogens is 2. The van der Waals surface area contributed by atoms with Crippen LogP contribution in [0.15, 0.2) is 22.8 Å². The van der Waals surface area contributed by atoms with Crippen molar-refractivity contribution in [3.8, 4) is 0 Å². The van der Waals surface area contributed by atoms with E-state index in [0.29, 0.717) is 5.50 Å². The van der Waals surface area contributed by atoms with Gasteiger partial charge in [-0.1, -0.05) is 22.5 Å². The third-order valence-corrected chi connectivity index (χ3v) is 2.26. The smallest absolute Gasteiger partial charge is 0.156 e. The molecule has 0 bridgehead atoms. The molecule has 0 fully saturated rings. The van der Waals surface area contributed by atoms with Crippen LogP contribution in [0.2, 0.25) is 0 Å². The molecule has 8 heavy (non-hydrogen) atoms. The topological polar surface area (TPSA) is 13.1 Å². The van der Waals surface area contributed by atoms with Gasteiger partial charge in [-0.3, -0.25) is 0 Å². The molecule has 1 rings (SSSR count). The summed E-state index contributed by atoms with van der Waals surface area (Å²) in [6.45, 7) is -1.08. The maximum atomic E-state index is 5.48. The third-order valence-electron chi connectivity index (χ3n) is 0.673. The molecule has 1 aromatic rings. The largest absolute Gasteiger partial charge is 0.462 e. The highest BCUT2D eigenvalue weighted by atomic mass is 35.9. The SMILES string of the molecule is ClP(Cl)c1ccco1. The van der Waals surface area contributed by atoms with E-state index in [1.807, 2.05) is 0 Å². The van der Waals surface area contributed by atoms with Crippen LogP contribution in [0.3, 0.4) is 0 Å². The Morgan fingerprint density at radius 3 is 2.50 bits per heavy atom. The summed E-state index contributed by atoms with van der Waals surface area (Å²) in [7, 11) is 0. The lowest BCUT2D eigenvalue weighted by atomic mass is 10.7. The van der Waals surface area contributed by atoms with Crippen LogP contribution in [-0.2, 0) is 0 Å². The van der Waals surface area contributed by atoms with Gasteiger partial charge in [0.1, 0.15) is 0 Å². The Bertz CT molecular complexity index is 149. The number of rotatable bonds is 1. The molecular weight excluding hydrogens is 166 g/mol. The van der Waals surface area contributed by atoms with Crippen molar-refractivity contribution >= 4 is 34.6 Å². The Labute approximate surface area is 57.9 Å². The molecule has 1 aromatic heterocycles. The fraction of sp³-hybridized carbons (Fsp3) is 0. The summed E-state index contributed by atoms with van der Waals surface area (Å²) in [5.41, 5.74) is 0.656. The van der Waals surface area contributed by atoms with Crippen LogP contribution in [0.4, 0.5) is 0 Å².